The van der Waals surface area contributed by atoms with E-state index in [0.717, 1.165) is 12.0 Å². The van der Waals surface area contributed by atoms with Gasteiger partial charge in [-0.1, -0.05) is 38.1 Å². The predicted molar refractivity (Wildman–Crippen MR) is 86.5 cm³/mol. The smallest absolute Gasteiger partial charge is 0.328 e. The molecule has 0 spiro atoms. The Morgan fingerprint density at radius 2 is 1.87 bits per heavy atom. The van der Waals surface area contributed by atoms with Crippen molar-refractivity contribution in [1.29, 1.82) is 5.26 Å². The summed E-state index contributed by atoms with van der Waals surface area (Å²) in [7, 11) is -3.54. The van der Waals surface area contributed by atoms with Crippen LogP contribution in [0.3, 0.4) is 0 Å². The number of benzene rings is 1. The number of hydrogen-bond donors (Lipinski definition) is 0. The lowest BCUT2D eigenvalue weighted by molar-refractivity contribution is -0.147. The number of nitriles is 1. The van der Waals surface area contributed by atoms with Crippen LogP contribution >= 0.6 is 0 Å². The monoisotopic (exact) mass is 335 g/mol. The summed E-state index contributed by atoms with van der Waals surface area (Å²) in [4.78, 5) is 12.3. The molecule has 2 rings (SSSR count). The topological polar surface area (TPSA) is 84.2 Å². The molecule has 1 aliphatic rings. The van der Waals surface area contributed by atoms with Gasteiger partial charge in [-0.15, -0.1) is 0 Å². The SMILES string of the molecule is CCOC(=O)C1(C#N)C(c2ccc(CC)cc2)C1S(=O)(=O)CC. The Morgan fingerprint density at radius 1 is 1.26 bits per heavy atom. The van der Waals surface area contributed by atoms with Gasteiger partial charge in [0.25, 0.3) is 0 Å². The van der Waals surface area contributed by atoms with Crippen molar-refractivity contribution in [2.45, 2.75) is 38.4 Å². The van der Waals surface area contributed by atoms with Crippen LogP contribution in [0.4, 0.5) is 0 Å². The molecule has 0 radical (unpaired) electrons. The van der Waals surface area contributed by atoms with Crippen LogP contribution in [0, 0.1) is 16.7 Å². The lowest BCUT2D eigenvalue weighted by atomic mass is 9.99. The van der Waals surface area contributed by atoms with Crippen molar-refractivity contribution in [3.63, 3.8) is 0 Å². The first kappa shape index (κ1) is 17.5. The molecule has 23 heavy (non-hydrogen) atoms. The number of esters is 1. The van der Waals surface area contributed by atoms with E-state index in [1.165, 1.54) is 6.92 Å². The minimum absolute atomic E-state index is 0.107. The maximum absolute atomic E-state index is 12.4. The first-order chi connectivity index (χ1) is 10.9. The van der Waals surface area contributed by atoms with Crippen molar-refractivity contribution >= 4 is 15.8 Å². The van der Waals surface area contributed by atoms with E-state index in [4.69, 9.17) is 4.74 Å². The van der Waals surface area contributed by atoms with Crippen LogP contribution in [0.1, 0.15) is 37.8 Å². The quantitative estimate of drug-likeness (QED) is 0.744. The van der Waals surface area contributed by atoms with Crippen LogP contribution in [0.25, 0.3) is 0 Å². The summed E-state index contributed by atoms with van der Waals surface area (Å²) in [6.45, 7) is 5.30. The number of hydrogen-bond acceptors (Lipinski definition) is 5. The standard InChI is InChI=1S/C17H21NO4S/c1-4-12-7-9-13(10-8-12)14-15(23(20,21)6-3)17(14,11-18)16(19)22-5-2/h7-10,14-15H,4-6H2,1-3H3. The molecular formula is C17H21NO4S. The third kappa shape index (κ3) is 2.74. The highest BCUT2D eigenvalue weighted by Crippen LogP contribution is 2.63. The molecule has 0 amide bonds. The zero-order valence-corrected chi connectivity index (χ0v) is 14.4. The first-order valence-corrected chi connectivity index (χ1v) is 9.49. The van der Waals surface area contributed by atoms with Crippen LogP contribution in [0.15, 0.2) is 24.3 Å². The van der Waals surface area contributed by atoms with Gasteiger partial charge in [0.1, 0.15) is 5.25 Å². The average Bonchev–Trinajstić information content (AvgIpc) is 3.26. The normalized spacial score (nSPS) is 26.3. The third-order valence-corrected chi connectivity index (χ3v) is 6.69. The molecule has 1 aliphatic carbocycles. The highest BCUT2D eigenvalue weighted by Gasteiger charge is 2.77. The first-order valence-electron chi connectivity index (χ1n) is 7.77. The van der Waals surface area contributed by atoms with E-state index in [1.807, 2.05) is 25.1 Å². The molecule has 5 nitrogen and oxygen atoms in total. The van der Waals surface area contributed by atoms with E-state index >= 15 is 0 Å². The molecule has 1 aromatic carbocycles. The summed E-state index contributed by atoms with van der Waals surface area (Å²) in [6, 6.07) is 9.36. The summed E-state index contributed by atoms with van der Waals surface area (Å²) >= 11 is 0. The zero-order valence-electron chi connectivity index (χ0n) is 13.6. The fourth-order valence-corrected chi connectivity index (χ4v) is 5.03. The van der Waals surface area contributed by atoms with Gasteiger partial charge in [0, 0.05) is 11.7 Å². The summed E-state index contributed by atoms with van der Waals surface area (Å²) < 4.78 is 29.8. The molecule has 6 heteroatoms. The molecule has 0 saturated heterocycles. The predicted octanol–water partition coefficient (Wildman–Crippen LogP) is 2.22. The highest BCUT2D eigenvalue weighted by molar-refractivity contribution is 7.92. The van der Waals surface area contributed by atoms with Crippen molar-refractivity contribution in [1.82, 2.24) is 0 Å². The minimum Gasteiger partial charge on any atom is -0.465 e. The molecule has 3 unspecified atom stereocenters. The van der Waals surface area contributed by atoms with Crippen LogP contribution < -0.4 is 0 Å². The second-order valence-corrected chi connectivity index (χ2v) is 8.06. The highest BCUT2D eigenvalue weighted by atomic mass is 32.2. The Labute approximate surface area is 137 Å². The van der Waals surface area contributed by atoms with Gasteiger partial charge in [0.05, 0.1) is 12.7 Å². The van der Waals surface area contributed by atoms with Crippen molar-refractivity contribution in [3.8, 4) is 6.07 Å². The van der Waals surface area contributed by atoms with Gasteiger partial charge in [-0.3, -0.25) is 4.79 Å². The Kier molecular flexibility index (Phi) is 4.81. The van der Waals surface area contributed by atoms with E-state index < -0.39 is 32.4 Å². The number of sulfone groups is 1. The molecule has 0 N–H and O–H groups in total. The van der Waals surface area contributed by atoms with Gasteiger partial charge in [-0.05, 0) is 24.5 Å². The minimum atomic E-state index is -3.54. The van der Waals surface area contributed by atoms with Gasteiger partial charge in [0.2, 0.25) is 0 Å². The van der Waals surface area contributed by atoms with Gasteiger partial charge < -0.3 is 4.74 Å². The molecule has 0 aliphatic heterocycles. The second-order valence-electron chi connectivity index (χ2n) is 5.65. The molecule has 0 aromatic heterocycles. The van der Waals surface area contributed by atoms with E-state index in [-0.39, 0.29) is 12.4 Å². The number of carbonyl (C=O) groups is 1. The van der Waals surface area contributed by atoms with E-state index in [0.29, 0.717) is 5.56 Å². The number of nitrogens with zero attached hydrogens (tertiary/aromatic N) is 1. The Hall–Kier alpha value is -1.87. The molecule has 0 heterocycles. The van der Waals surface area contributed by atoms with Crippen molar-refractivity contribution < 1.29 is 17.9 Å². The van der Waals surface area contributed by atoms with E-state index in [2.05, 4.69) is 0 Å². The summed E-state index contributed by atoms with van der Waals surface area (Å²) in [5.74, 6) is -1.51. The van der Waals surface area contributed by atoms with E-state index in [1.54, 1.807) is 19.1 Å². The maximum Gasteiger partial charge on any atom is 0.328 e. The second kappa shape index (κ2) is 6.32. The van der Waals surface area contributed by atoms with Gasteiger partial charge >= 0.3 is 5.97 Å². The average molecular weight is 335 g/mol. The fraction of sp³-hybridized carbons (Fsp3) is 0.529. The summed E-state index contributed by atoms with van der Waals surface area (Å²) in [5, 5.41) is 8.57. The largest absolute Gasteiger partial charge is 0.465 e. The molecular weight excluding hydrogens is 314 g/mol. The third-order valence-electron chi connectivity index (χ3n) is 4.47. The van der Waals surface area contributed by atoms with Gasteiger partial charge in [-0.2, -0.15) is 5.26 Å². The molecule has 124 valence electrons. The van der Waals surface area contributed by atoms with Crippen LogP contribution in [-0.2, 0) is 25.8 Å². The van der Waals surface area contributed by atoms with Gasteiger partial charge in [0.15, 0.2) is 15.3 Å². The number of rotatable bonds is 6. The Balaban J connectivity index is 2.50. The van der Waals surface area contributed by atoms with Crippen molar-refractivity contribution in [2.75, 3.05) is 12.4 Å². The van der Waals surface area contributed by atoms with Crippen LogP contribution in [0.2, 0.25) is 0 Å². The van der Waals surface area contributed by atoms with Crippen molar-refractivity contribution in [3.05, 3.63) is 35.4 Å². The lowest BCUT2D eigenvalue weighted by Crippen LogP contribution is -2.26. The molecule has 1 aromatic rings. The lowest BCUT2D eigenvalue weighted by Gasteiger charge is -2.08. The molecule has 1 fully saturated rings. The summed E-state index contributed by atoms with van der Waals surface area (Å²) in [5.41, 5.74) is 0.181. The summed E-state index contributed by atoms with van der Waals surface area (Å²) in [6.07, 6.45) is 0.864. The molecule has 0 bridgehead atoms. The number of aryl methyl sites for hydroxylation is 1. The maximum atomic E-state index is 12.4. The Morgan fingerprint density at radius 3 is 2.30 bits per heavy atom. The number of ether oxygens (including phenoxy) is 1. The van der Waals surface area contributed by atoms with Crippen LogP contribution in [0.5, 0.6) is 0 Å². The van der Waals surface area contributed by atoms with Gasteiger partial charge in [-0.25, -0.2) is 8.42 Å². The Bertz CT molecular complexity index is 733. The number of carbonyl (C=O) groups excluding carboxylic acids is 1. The van der Waals surface area contributed by atoms with Crippen LogP contribution in [-0.4, -0.2) is 32.0 Å². The fourth-order valence-electron chi connectivity index (χ4n) is 3.10. The zero-order chi connectivity index (χ0) is 17.3. The molecule has 3 atom stereocenters. The van der Waals surface area contributed by atoms with Crippen molar-refractivity contribution in [2.24, 2.45) is 5.41 Å². The van der Waals surface area contributed by atoms with E-state index in [9.17, 15) is 18.5 Å². The molecule has 1 saturated carbocycles.